The number of rotatable bonds is 7. The van der Waals surface area contributed by atoms with Gasteiger partial charge in [0.15, 0.2) is 0 Å². The molecule has 9 heteroatoms. The highest BCUT2D eigenvalue weighted by Crippen LogP contribution is 2.36. The van der Waals surface area contributed by atoms with E-state index >= 15 is 0 Å². The first-order valence-electron chi connectivity index (χ1n) is 11.8. The van der Waals surface area contributed by atoms with E-state index in [-0.39, 0.29) is 11.6 Å². The number of amides is 2. The van der Waals surface area contributed by atoms with Crippen LogP contribution in [0.3, 0.4) is 0 Å². The Morgan fingerprint density at radius 3 is 2.46 bits per heavy atom. The van der Waals surface area contributed by atoms with Crippen molar-refractivity contribution in [3.8, 4) is 17.2 Å². The Morgan fingerprint density at radius 2 is 1.81 bits per heavy atom. The number of nitrogens with one attached hydrogen (secondary N) is 1. The van der Waals surface area contributed by atoms with Gasteiger partial charge in [-0.05, 0) is 59.1 Å². The lowest BCUT2D eigenvalue weighted by atomic mass is 10.1. The molecule has 3 aromatic carbocycles. The van der Waals surface area contributed by atoms with Crippen molar-refractivity contribution in [3.63, 3.8) is 0 Å². The van der Waals surface area contributed by atoms with Crippen molar-refractivity contribution < 1.29 is 14.3 Å². The molecular weight excluding hydrogens is 536 g/mol. The number of carbonyl (C=O) groups excluding carboxylic acids is 1. The third kappa shape index (κ3) is 5.17. The summed E-state index contributed by atoms with van der Waals surface area (Å²) in [7, 11) is 4.76. The Labute approximate surface area is 224 Å². The summed E-state index contributed by atoms with van der Waals surface area (Å²) in [5.41, 5.74) is 2.63. The number of halogens is 1. The molecule has 4 aromatic rings. The zero-order valence-electron chi connectivity index (χ0n) is 21.4. The van der Waals surface area contributed by atoms with Gasteiger partial charge < -0.3 is 19.7 Å². The van der Waals surface area contributed by atoms with Crippen LogP contribution in [0.25, 0.3) is 16.6 Å². The molecule has 8 nitrogen and oxygen atoms in total. The van der Waals surface area contributed by atoms with Gasteiger partial charge in [-0.25, -0.2) is 9.78 Å². The zero-order valence-corrected chi connectivity index (χ0v) is 23.0. The molecule has 4 rings (SSSR count). The van der Waals surface area contributed by atoms with Gasteiger partial charge in [-0.3, -0.25) is 9.36 Å². The van der Waals surface area contributed by atoms with Gasteiger partial charge in [-0.1, -0.05) is 31.2 Å². The number of aryl methyl sites for hydroxylation is 1. The molecule has 1 aromatic heterocycles. The highest BCUT2D eigenvalue weighted by atomic mass is 79.9. The monoisotopic (exact) mass is 564 g/mol. The number of benzene rings is 3. The summed E-state index contributed by atoms with van der Waals surface area (Å²) in [6.07, 6.45) is 0.918. The number of hydrogen-bond acceptors (Lipinski definition) is 5. The minimum Gasteiger partial charge on any atom is -0.497 e. The van der Waals surface area contributed by atoms with E-state index in [1.165, 1.54) is 15.0 Å². The minimum absolute atomic E-state index is 0.271. The molecule has 0 aliphatic heterocycles. The number of ether oxygens (including phenoxy) is 2. The van der Waals surface area contributed by atoms with Crippen LogP contribution >= 0.6 is 15.9 Å². The summed E-state index contributed by atoms with van der Waals surface area (Å²) in [5, 5.41) is 3.38. The number of para-hydroxylation sites is 1. The van der Waals surface area contributed by atoms with Crippen LogP contribution in [0, 0.1) is 0 Å². The molecule has 0 saturated carbocycles. The first-order valence-corrected chi connectivity index (χ1v) is 12.6. The second-order valence-electron chi connectivity index (χ2n) is 8.56. The molecule has 0 aliphatic carbocycles. The third-order valence-corrected chi connectivity index (χ3v) is 7.18. The summed E-state index contributed by atoms with van der Waals surface area (Å²) in [6, 6.07) is 17.4. The lowest BCUT2D eigenvalue weighted by Crippen LogP contribution is -2.37. The maximum atomic E-state index is 13.9. The molecule has 2 amide bonds. The van der Waals surface area contributed by atoms with Crippen molar-refractivity contribution in [3.05, 3.63) is 86.9 Å². The van der Waals surface area contributed by atoms with Crippen molar-refractivity contribution >= 4 is 38.6 Å². The van der Waals surface area contributed by atoms with E-state index in [4.69, 9.17) is 14.5 Å². The highest BCUT2D eigenvalue weighted by Gasteiger charge is 2.26. The Morgan fingerprint density at radius 1 is 1.11 bits per heavy atom. The number of aromatic nitrogens is 2. The van der Waals surface area contributed by atoms with E-state index < -0.39 is 6.04 Å². The number of carbonyl (C=O) groups is 1. The van der Waals surface area contributed by atoms with Gasteiger partial charge in [-0.2, -0.15) is 0 Å². The fourth-order valence-corrected chi connectivity index (χ4v) is 4.60. The topological polar surface area (TPSA) is 85.7 Å². The molecule has 0 fully saturated rings. The van der Waals surface area contributed by atoms with Crippen LogP contribution in [-0.2, 0) is 6.42 Å². The smallest absolute Gasteiger partial charge is 0.322 e. The number of anilines is 1. The third-order valence-electron chi connectivity index (χ3n) is 6.38. The fraction of sp³-hybridized carbons (Fsp3) is 0.250. The van der Waals surface area contributed by atoms with Gasteiger partial charge in [0.2, 0.25) is 0 Å². The Kier molecular flexibility index (Phi) is 7.83. The second-order valence-corrected chi connectivity index (χ2v) is 9.35. The molecule has 0 saturated heterocycles. The second kappa shape index (κ2) is 11.0. The first-order chi connectivity index (χ1) is 17.8. The predicted molar refractivity (Wildman–Crippen MR) is 149 cm³/mol. The number of hydrogen-bond donors (Lipinski definition) is 1. The van der Waals surface area contributed by atoms with E-state index in [0.29, 0.717) is 44.1 Å². The minimum atomic E-state index is -0.573. The van der Waals surface area contributed by atoms with Gasteiger partial charge in [0, 0.05) is 24.9 Å². The average Bonchev–Trinajstić information content (AvgIpc) is 2.93. The molecule has 37 heavy (non-hydrogen) atoms. The summed E-state index contributed by atoms with van der Waals surface area (Å²) < 4.78 is 13.0. The van der Waals surface area contributed by atoms with Gasteiger partial charge in [0.05, 0.1) is 41.3 Å². The molecule has 1 heterocycles. The Hall–Kier alpha value is -3.85. The molecule has 0 radical (unpaired) electrons. The molecular formula is C28H29BrN4O4. The van der Waals surface area contributed by atoms with Crippen LogP contribution in [-0.4, -0.2) is 41.7 Å². The summed E-state index contributed by atoms with van der Waals surface area (Å²) in [6.45, 7) is 3.91. The quantitative estimate of drug-likeness (QED) is 0.299. The van der Waals surface area contributed by atoms with Crippen molar-refractivity contribution in [1.29, 1.82) is 0 Å². The molecule has 1 atom stereocenters. The van der Waals surface area contributed by atoms with E-state index in [2.05, 4.69) is 28.2 Å². The van der Waals surface area contributed by atoms with Crippen molar-refractivity contribution in [2.24, 2.45) is 0 Å². The molecule has 1 unspecified atom stereocenters. The van der Waals surface area contributed by atoms with Crippen molar-refractivity contribution in [1.82, 2.24) is 14.5 Å². The zero-order chi connectivity index (χ0) is 26.7. The van der Waals surface area contributed by atoms with Crippen LogP contribution < -0.4 is 20.3 Å². The van der Waals surface area contributed by atoms with Crippen molar-refractivity contribution in [2.45, 2.75) is 26.3 Å². The average molecular weight is 565 g/mol. The number of urea groups is 1. The molecule has 192 valence electrons. The largest absolute Gasteiger partial charge is 0.497 e. The summed E-state index contributed by atoms with van der Waals surface area (Å²) in [5.74, 6) is 1.39. The Balaban J connectivity index is 1.83. The van der Waals surface area contributed by atoms with Crippen LogP contribution in [0.4, 0.5) is 10.5 Å². The predicted octanol–water partition coefficient (Wildman–Crippen LogP) is 5.95. The lowest BCUT2D eigenvalue weighted by molar-refractivity contribution is 0.205. The molecule has 0 spiro atoms. The molecule has 0 aliphatic rings. The van der Waals surface area contributed by atoms with Gasteiger partial charge in [0.1, 0.15) is 17.3 Å². The van der Waals surface area contributed by atoms with E-state index in [1.807, 2.05) is 37.3 Å². The van der Waals surface area contributed by atoms with Gasteiger partial charge in [-0.15, -0.1) is 0 Å². The van der Waals surface area contributed by atoms with Gasteiger partial charge in [0.25, 0.3) is 5.56 Å². The first kappa shape index (κ1) is 26.2. The van der Waals surface area contributed by atoms with Crippen LogP contribution in [0.15, 0.2) is 69.9 Å². The molecule has 0 bridgehead atoms. The molecule has 1 N–H and O–H groups in total. The SMILES string of the molecule is CCc1ccc(NC(=O)N(C)C(C)c2nc3ccccc3c(=O)n2-c2cc(OC)cc(OC)c2Br)cc1. The summed E-state index contributed by atoms with van der Waals surface area (Å²) in [4.78, 5) is 33.4. The normalized spacial score (nSPS) is 11.7. The standard InChI is InChI=1S/C28H29BrN4O4/c1-6-18-11-13-19(14-12-18)30-28(35)32(3)17(2)26-31-22-10-8-7-9-21(22)27(34)33(26)23-15-20(36-4)16-24(37-5)25(23)29/h7-17H,6H2,1-5H3,(H,30,35). The fourth-order valence-electron chi connectivity index (χ4n) is 4.04. The number of nitrogens with zero attached hydrogens (tertiary/aromatic N) is 3. The lowest BCUT2D eigenvalue weighted by Gasteiger charge is -2.27. The van der Waals surface area contributed by atoms with Gasteiger partial charge >= 0.3 is 6.03 Å². The van der Waals surface area contributed by atoms with E-state index in [9.17, 15) is 9.59 Å². The van der Waals surface area contributed by atoms with Crippen molar-refractivity contribution in [2.75, 3.05) is 26.6 Å². The van der Waals surface area contributed by atoms with Crippen LogP contribution in [0.1, 0.15) is 31.3 Å². The van der Waals surface area contributed by atoms with E-state index in [0.717, 1.165) is 6.42 Å². The number of methoxy groups -OCH3 is 2. The maximum Gasteiger partial charge on any atom is 0.322 e. The maximum absolute atomic E-state index is 13.9. The number of fused-ring (bicyclic) bond motifs is 1. The van der Waals surface area contributed by atoms with E-state index in [1.54, 1.807) is 51.6 Å². The highest BCUT2D eigenvalue weighted by molar-refractivity contribution is 9.10. The van der Waals surface area contributed by atoms with Crippen LogP contribution in [0.5, 0.6) is 11.5 Å². The Bertz CT molecular complexity index is 1500. The summed E-state index contributed by atoms with van der Waals surface area (Å²) >= 11 is 3.58. The van der Waals surface area contributed by atoms with Crippen LogP contribution in [0.2, 0.25) is 0 Å².